The Hall–Kier alpha value is -2.36. The molecular weight excluding hydrogens is 308 g/mol. The molecule has 7 nitrogen and oxygen atoms in total. The Bertz CT molecular complexity index is 725. The third kappa shape index (κ3) is 3.81. The number of benzene rings is 1. The molecule has 1 aromatic rings. The predicted octanol–water partition coefficient (Wildman–Crippen LogP) is 0.254. The molecule has 0 saturated heterocycles. The summed E-state index contributed by atoms with van der Waals surface area (Å²) in [5.41, 5.74) is 7.96. The summed E-state index contributed by atoms with van der Waals surface area (Å²) in [6, 6.07) is 1.29. The molecule has 0 atom stereocenters. The quantitative estimate of drug-likeness (QED) is 0.464. The van der Waals surface area contributed by atoms with Crippen molar-refractivity contribution in [3.8, 4) is 0 Å². The largest absolute Gasteiger partial charge is 0.370 e. The van der Waals surface area contributed by atoms with Crippen LogP contribution in [0.1, 0.15) is 32.7 Å². The van der Waals surface area contributed by atoms with Crippen LogP contribution in [0.15, 0.2) is 22.0 Å². The third-order valence-corrected chi connectivity index (χ3v) is 3.56. The maximum atomic E-state index is 12.9. The van der Waals surface area contributed by atoms with Crippen LogP contribution in [0.4, 0.5) is 8.78 Å². The number of rotatable bonds is 4. The smallest absolute Gasteiger partial charge is 0.280 e. The summed E-state index contributed by atoms with van der Waals surface area (Å²) in [4.78, 5) is 25.1. The van der Waals surface area contributed by atoms with E-state index in [0.717, 1.165) is 6.26 Å². The lowest BCUT2D eigenvalue weighted by Gasteiger charge is -2.10. The van der Waals surface area contributed by atoms with Crippen LogP contribution in [-0.4, -0.2) is 32.8 Å². The maximum Gasteiger partial charge on any atom is 0.280 e. The van der Waals surface area contributed by atoms with E-state index >= 15 is 0 Å². The van der Waals surface area contributed by atoms with Gasteiger partial charge in [0.05, 0.1) is 10.5 Å². The van der Waals surface area contributed by atoms with Crippen LogP contribution in [0, 0.1) is 0 Å². The molecule has 21 heavy (non-hydrogen) atoms. The van der Waals surface area contributed by atoms with Gasteiger partial charge in [0, 0.05) is 17.4 Å². The molecule has 10 heteroatoms. The Labute approximate surface area is 118 Å². The topological polar surface area (TPSA) is 133 Å². The van der Waals surface area contributed by atoms with Gasteiger partial charge >= 0.3 is 0 Å². The number of halogens is 2. The number of aldehydes is 1. The summed E-state index contributed by atoms with van der Waals surface area (Å²) >= 11 is 0. The molecule has 4 N–H and O–H groups in total. The highest BCUT2D eigenvalue weighted by molar-refractivity contribution is 7.90. The second-order valence-corrected chi connectivity index (χ2v) is 5.99. The molecule has 0 unspecified atom stereocenters. The Kier molecular flexibility index (Phi) is 4.73. The molecule has 1 amide bonds. The first kappa shape index (κ1) is 16.7. The number of carbonyl (C=O) groups is 2. The highest BCUT2D eigenvalue weighted by Gasteiger charge is 2.24. The van der Waals surface area contributed by atoms with Crippen LogP contribution in [0.2, 0.25) is 0 Å². The number of sulfone groups is 1. The van der Waals surface area contributed by atoms with Crippen LogP contribution in [-0.2, 0) is 9.84 Å². The van der Waals surface area contributed by atoms with Gasteiger partial charge in [-0.05, 0) is 12.1 Å². The average Bonchev–Trinajstić information content (AvgIpc) is 2.34. The van der Waals surface area contributed by atoms with Gasteiger partial charge in [-0.2, -0.15) is 4.99 Å². The molecule has 0 spiro atoms. The van der Waals surface area contributed by atoms with Crippen molar-refractivity contribution < 1.29 is 26.8 Å². The molecule has 0 aliphatic heterocycles. The van der Waals surface area contributed by atoms with Crippen LogP contribution >= 0.6 is 0 Å². The Morgan fingerprint density at radius 3 is 2.29 bits per heavy atom. The second kappa shape index (κ2) is 5.95. The number of hydrogen-bond donors (Lipinski definition) is 2. The molecule has 0 aliphatic rings. The Balaban J connectivity index is 3.73. The first-order chi connectivity index (χ1) is 9.57. The Morgan fingerprint density at radius 2 is 1.90 bits per heavy atom. The van der Waals surface area contributed by atoms with Gasteiger partial charge in [0.2, 0.25) is 0 Å². The van der Waals surface area contributed by atoms with E-state index in [1.54, 1.807) is 0 Å². The summed E-state index contributed by atoms with van der Waals surface area (Å²) in [5, 5.41) is 0. The number of aliphatic imine (C=N–C) groups is 1. The molecule has 0 saturated carbocycles. The zero-order chi connectivity index (χ0) is 16.4. The van der Waals surface area contributed by atoms with E-state index in [0.29, 0.717) is 12.1 Å². The number of alkyl halides is 2. The number of hydrogen-bond acceptors (Lipinski definition) is 4. The summed E-state index contributed by atoms with van der Waals surface area (Å²) in [6.45, 7) is 0. The first-order valence-corrected chi connectivity index (χ1v) is 7.22. The van der Waals surface area contributed by atoms with E-state index in [1.165, 1.54) is 0 Å². The van der Waals surface area contributed by atoms with Crippen molar-refractivity contribution in [2.24, 2.45) is 16.5 Å². The molecule has 0 bridgehead atoms. The first-order valence-electron chi connectivity index (χ1n) is 5.33. The summed E-state index contributed by atoms with van der Waals surface area (Å²) in [5.74, 6) is -1.90. The average molecular weight is 319 g/mol. The zero-order valence-electron chi connectivity index (χ0n) is 10.7. The minimum absolute atomic E-state index is 0.108. The van der Waals surface area contributed by atoms with Gasteiger partial charge in [-0.1, -0.05) is 0 Å². The van der Waals surface area contributed by atoms with Crippen molar-refractivity contribution in [1.82, 2.24) is 0 Å². The monoisotopic (exact) mass is 319 g/mol. The lowest BCUT2D eigenvalue weighted by molar-refractivity contribution is 0.0986. The van der Waals surface area contributed by atoms with Gasteiger partial charge in [0.1, 0.15) is 0 Å². The van der Waals surface area contributed by atoms with Gasteiger partial charge in [0.25, 0.3) is 12.3 Å². The van der Waals surface area contributed by atoms with E-state index in [2.05, 4.69) is 4.99 Å². The van der Waals surface area contributed by atoms with Gasteiger partial charge in [-0.3, -0.25) is 9.59 Å². The SMILES string of the molecule is CS(=O)(=O)c1cc(C(=O)N=C(N)N)c(C(F)F)cc1C=O. The minimum atomic E-state index is -3.91. The van der Waals surface area contributed by atoms with Crippen molar-refractivity contribution in [2.75, 3.05) is 6.26 Å². The molecule has 1 aromatic carbocycles. The molecule has 0 fully saturated rings. The number of nitrogens with two attached hydrogens (primary N) is 2. The molecule has 0 aliphatic carbocycles. The summed E-state index contributed by atoms with van der Waals surface area (Å²) in [6.07, 6.45) is -2.24. The van der Waals surface area contributed by atoms with Gasteiger partial charge in [-0.25, -0.2) is 17.2 Å². The normalized spacial score (nSPS) is 11.2. The van der Waals surface area contributed by atoms with E-state index in [1.807, 2.05) is 0 Å². The van der Waals surface area contributed by atoms with E-state index in [-0.39, 0.29) is 6.29 Å². The van der Waals surface area contributed by atoms with Crippen molar-refractivity contribution in [3.63, 3.8) is 0 Å². The van der Waals surface area contributed by atoms with Crippen LogP contribution in [0.25, 0.3) is 0 Å². The van der Waals surface area contributed by atoms with Crippen LogP contribution in [0.5, 0.6) is 0 Å². The fourth-order valence-corrected chi connectivity index (χ4v) is 2.44. The van der Waals surface area contributed by atoms with Crippen molar-refractivity contribution >= 4 is 28.0 Å². The van der Waals surface area contributed by atoms with Gasteiger partial charge < -0.3 is 11.5 Å². The van der Waals surface area contributed by atoms with Gasteiger partial charge in [-0.15, -0.1) is 0 Å². The zero-order valence-corrected chi connectivity index (χ0v) is 11.5. The third-order valence-electron chi connectivity index (χ3n) is 2.40. The summed E-state index contributed by atoms with van der Waals surface area (Å²) < 4.78 is 49.0. The fraction of sp³-hybridized carbons (Fsp3) is 0.182. The number of nitrogens with zero attached hydrogens (tertiary/aromatic N) is 1. The molecule has 0 radical (unpaired) electrons. The lowest BCUT2D eigenvalue weighted by Crippen LogP contribution is -2.24. The second-order valence-electron chi connectivity index (χ2n) is 4.01. The highest BCUT2D eigenvalue weighted by atomic mass is 32.2. The fourth-order valence-electron chi connectivity index (χ4n) is 1.57. The van der Waals surface area contributed by atoms with E-state index < -0.39 is 49.7 Å². The molecule has 0 heterocycles. The molecule has 1 rings (SSSR count). The van der Waals surface area contributed by atoms with Crippen LogP contribution in [0.3, 0.4) is 0 Å². The van der Waals surface area contributed by atoms with E-state index in [4.69, 9.17) is 11.5 Å². The molecule has 0 aromatic heterocycles. The van der Waals surface area contributed by atoms with Crippen molar-refractivity contribution in [2.45, 2.75) is 11.3 Å². The highest BCUT2D eigenvalue weighted by Crippen LogP contribution is 2.28. The molecule has 114 valence electrons. The Morgan fingerprint density at radius 1 is 1.33 bits per heavy atom. The van der Waals surface area contributed by atoms with Crippen LogP contribution < -0.4 is 11.5 Å². The van der Waals surface area contributed by atoms with Crippen molar-refractivity contribution in [3.05, 3.63) is 28.8 Å². The standard InChI is InChI=1S/C11H11F2N3O4S/c1-21(19,20)8-3-7(10(18)16-11(14)15)6(9(12)13)2-5(8)4-17/h2-4,9H,1H3,(H4,14,15,16,18). The minimum Gasteiger partial charge on any atom is -0.370 e. The van der Waals surface area contributed by atoms with E-state index in [9.17, 15) is 26.8 Å². The number of guanidine groups is 1. The lowest BCUT2D eigenvalue weighted by atomic mass is 10.0. The number of amides is 1. The maximum absolute atomic E-state index is 12.9. The van der Waals surface area contributed by atoms with Gasteiger partial charge in [0.15, 0.2) is 22.1 Å². The molecular formula is C11H11F2N3O4S. The van der Waals surface area contributed by atoms with Crippen molar-refractivity contribution in [1.29, 1.82) is 0 Å². The predicted molar refractivity (Wildman–Crippen MR) is 70.0 cm³/mol. The summed E-state index contributed by atoms with van der Waals surface area (Å²) in [7, 11) is -3.91. The number of carbonyl (C=O) groups excluding carboxylic acids is 2.